The lowest BCUT2D eigenvalue weighted by Crippen LogP contribution is -2.18. The maximum atomic E-state index is 9.35. The van der Waals surface area contributed by atoms with Gasteiger partial charge in [0.05, 0.1) is 50.8 Å². The van der Waals surface area contributed by atoms with Crippen molar-refractivity contribution in [3.8, 4) is 17.9 Å². The molecule has 1 aliphatic heterocycles. The van der Waals surface area contributed by atoms with Crippen molar-refractivity contribution in [2.24, 2.45) is 11.5 Å². The van der Waals surface area contributed by atoms with E-state index in [1.54, 1.807) is 25.3 Å². The lowest BCUT2D eigenvalue weighted by molar-refractivity contribution is 0.412. The number of nitrogens with two attached hydrogens (primary N) is 2. The van der Waals surface area contributed by atoms with Crippen molar-refractivity contribution in [1.82, 2.24) is 0 Å². The van der Waals surface area contributed by atoms with E-state index in [0.717, 1.165) is 21.8 Å². The predicted molar refractivity (Wildman–Crippen MR) is 84.7 cm³/mol. The van der Waals surface area contributed by atoms with E-state index in [4.69, 9.17) is 16.2 Å². The molecule has 1 heterocycles. The van der Waals surface area contributed by atoms with Gasteiger partial charge in [0.2, 0.25) is 0 Å². The molecule has 7 heteroatoms. The average molecular weight is 363 g/mol. The van der Waals surface area contributed by atoms with Gasteiger partial charge in [-0.1, -0.05) is 17.8 Å². The van der Waals surface area contributed by atoms with E-state index in [1.807, 2.05) is 0 Å². The molecule has 0 unspecified atom stereocenters. The van der Waals surface area contributed by atoms with Gasteiger partial charge in [-0.2, -0.15) is 10.5 Å². The molecule has 0 atom stereocenters. The average Bonchev–Trinajstić information content (AvgIpc) is 2.46. The van der Waals surface area contributed by atoms with Crippen LogP contribution in [0.4, 0.5) is 0 Å². The quantitative estimate of drug-likeness (QED) is 0.836. The molecule has 106 valence electrons. The zero-order chi connectivity index (χ0) is 15.6. The fourth-order valence-electron chi connectivity index (χ4n) is 2.09. The summed E-state index contributed by atoms with van der Waals surface area (Å²) < 4.78 is 5.91. The number of hydrogen-bond acceptors (Lipinski definition) is 6. The Labute approximate surface area is 135 Å². The van der Waals surface area contributed by atoms with E-state index in [2.05, 4.69) is 28.1 Å². The Bertz CT molecular complexity index is 706. The monoisotopic (exact) mass is 362 g/mol. The Morgan fingerprint density at radius 2 is 1.76 bits per heavy atom. The molecular weight excluding hydrogens is 352 g/mol. The minimum absolute atomic E-state index is 0.325. The number of methoxy groups -OCH3 is 1. The number of allylic oxidation sites excluding steroid dienone is 2. The molecule has 0 spiro atoms. The van der Waals surface area contributed by atoms with Crippen LogP contribution >= 0.6 is 27.7 Å². The second kappa shape index (κ2) is 6.13. The largest absolute Gasteiger partial charge is 0.496 e. The summed E-state index contributed by atoms with van der Waals surface area (Å²) in [6.07, 6.45) is 0. The highest BCUT2D eigenvalue weighted by Crippen LogP contribution is 2.44. The smallest absolute Gasteiger partial charge is 0.133 e. The molecular formula is C14H11BrN4OS. The van der Waals surface area contributed by atoms with E-state index in [9.17, 15) is 10.5 Å². The molecule has 4 N–H and O–H groups in total. The van der Waals surface area contributed by atoms with Crippen molar-refractivity contribution in [3.63, 3.8) is 0 Å². The van der Waals surface area contributed by atoms with Gasteiger partial charge < -0.3 is 16.2 Å². The Balaban J connectivity index is 2.62. The molecule has 1 aromatic rings. The Morgan fingerprint density at radius 1 is 1.19 bits per heavy atom. The lowest BCUT2D eigenvalue weighted by Gasteiger charge is -2.24. The first-order valence-corrected chi connectivity index (χ1v) is 7.45. The van der Waals surface area contributed by atoms with Crippen LogP contribution in [0.3, 0.4) is 0 Å². The molecule has 1 aliphatic rings. The number of rotatable bonds is 2. The number of thioether (sulfide) groups is 1. The molecule has 0 amide bonds. The third-order valence-corrected chi connectivity index (χ3v) is 4.58. The van der Waals surface area contributed by atoms with Gasteiger partial charge >= 0.3 is 0 Å². The van der Waals surface area contributed by atoms with Gasteiger partial charge in [-0.05, 0) is 33.6 Å². The number of nitrogens with zero attached hydrogens (tertiary/aromatic N) is 2. The van der Waals surface area contributed by atoms with Gasteiger partial charge in [-0.15, -0.1) is 0 Å². The maximum Gasteiger partial charge on any atom is 0.133 e. The first-order valence-electron chi connectivity index (χ1n) is 5.84. The topological polar surface area (TPSA) is 109 Å². The summed E-state index contributed by atoms with van der Waals surface area (Å²) in [5.74, 6) is 0.110. The van der Waals surface area contributed by atoms with Crippen molar-refractivity contribution in [2.45, 2.75) is 5.92 Å². The molecule has 1 aromatic carbocycles. The van der Waals surface area contributed by atoms with E-state index < -0.39 is 5.92 Å². The van der Waals surface area contributed by atoms with E-state index in [1.165, 1.54) is 0 Å². The first kappa shape index (κ1) is 15.3. The minimum atomic E-state index is -0.552. The molecule has 21 heavy (non-hydrogen) atoms. The molecule has 0 aromatic heterocycles. The van der Waals surface area contributed by atoms with Gasteiger partial charge in [0.1, 0.15) is 5.75 Å². The van der Waals surface area contributed by atoms with Gasteiger partial charge in [-0.3, -0.25) is 0 Å². The van der Waals surface area contributed by atoms with Crippen molar-refractivity contribution in [1.29, 1.82) is 10.5 Å². The molecule has 0 saturated heterocycles. The predicted octanol–water partition coefficient (Wildman–Crippen LogP) is 2.68. The fraction of sp³-hybridized carbons (Fsp3) is 0.143. The molecule has 0 bridgehead atoms. The van der Waals surface area contributed by atoms with Crippen molar-refractivity contribution in [2.75, 3.05) is 7.11 Å². The molecule has 0 radical (unpaired) electrons. The van der Waals surface area contributed by atoms with Crippen LogP contribution in [0.25, 0.3) is 0 Å². The highest BCUT2D eigenvalue weighted by molar-refractivity contribution is 9.10. The normalized spacial score (nSPS) is 15.6. The molecule has 5 nitrogen and oxygen atoms in total. The van der Waals surface area contributed by atoms with Gasteiger partial charge in [0.25, 0.3) is 0 Å². The number of ether oxygens (including phenoxy) is 1. The van der Waals surface area contributed by atoms with Gasteiger partial charge in [-0.25, -0.2) is 0 Å². The summed E-state index contributed by atoms with van der Waals surface area (Å²) in [7, 11) is 1.56. The van der Waals surface area contributed by atoms with Crippen LogP contribution in [-0.2, 0) is 0 Å². The Morgan fingerprint density at radius 3 is 2.19 bits per heavy atom. The summed E-state index contributed by atoms with van der Waals surface area (Å²) in [5.41, 5.74) is 13.2. The number of nitriles is 2. The van der Waals surface area contributed by atoms with Crippen LogP contribution in [0.2, 0.25) is 0 Å². The zero-order valence-corrected chi connectivity index (χ0v) is 13.5. The second-order valence-electron chi connectivity index (χ2n) is 4.21. The standard InChI is InChI=1S/C14H11BrN4OS/c1-20-11-3-2-7(4-10(11)15)12-8(5-16)13(18)21-14(19)9(12)6-17/h2-4,12H,18-19H2,1H3. The summed E-state index contributed by atoms with van der Waals surface area (Å²) >= 11 is 4.45. The van der Waals surface area contributed by atoms with Gasteiger partial charge in [0, 0.05) is 0 Å². The van der Waals surface area contributed by atoms with Crippen LogP contribution in [0.5, 0.6) is 5.75 Å². The highest BCUT2D eigenvalue weighted by Gasteiger charge is 2.31. The van der Waals surface area contributed by atoms with E-state index >= 15 is 0 Å². The van der Waals surface area contributed by atoms with Crippen molar-refractivity contribution >= 4 is 27.7 Å². The van der Waals surface area contributed by atoms with Crippen LogP contribution in [-0.4, -0.2) is 7.11 Å². The first-order chi connectivity index (χ1) is 10.0. The maximum absolute atomic E-state index is 9.35. The van der Waals surface area contributed by atoms with Crippen molar-refractivity contribution in [3.05, 3.63) is 49.4 Å². The summed E-state index contributed by atoms with van der Waals surface area (Å²) in [6, 6.07) is 9.52. The second-order valence-corrected chi connectivity index (χ2v) is 6.15. The Hall–Kier alpha value is -2.09. The molecule has 0 fully saturated rings. The minimum Gasteiger partial charge on any atom is -0.496 e. The van der Waals surface area contributed by atoms with Crippen LogP contribution in [0.1, 0.15) is 11.5 Å². The summed E-state index contributed by atoms with van der Waals surface area (Å²) in [6.45, 7) is 0. The van der Waals surface area contributed by atoms with Gasteiger partial charge in [0.15, 0.2) is 0 Å². The lowest BCUT2D eigenvalue weighted by atomic mass is 9.86. The zero-order valence-electron chi connectivity index (χ0n) is 11.1. The van der Waals surface area contributed by atoms with E-state index in [-0.39, 0.29) is 0 Å². The fourth-order valence-corrected chi connectivity index (χ4v) is 3.43. The van der Waals surface area contributed by atoms with Crippen LogP contribution < -0.4 is 16.2 Å². The summed E-state index contributed by atoms with van der Waals surface area (Å²) in [4.78, 5) is 0. The number of hydrogen-bond donors (Lipinski definition) is 2. The van der Waals surface area contributed by atoms with E-state index in [0.29, 0.717) is 27.0 Å². The number of halogens is 1. The molecule has 0 saturated carbocycles. The summed E-state index contributed by atoms with van der Waals surface area (Å²) in [5, 5.41) is 19.4. The Kier molecular flexibility index (Phi) is 4.46. The highest BCUT2D eigenvalue weighted by atomic mass is 79.9. The van der Waals surface area contributed by atoms with Crippen LogP contribution in [0, 0.1) is 22.7 Å². The van der Waals surface area contributed by atoms with Crippen molar-refractivity contribution < 1.29 is 4.74 Å². The molecule has 2 rings (SSSR count). The van der Waals surface area contributed by atoms with Crippen LogP contribution in [0.15, 0.2) is 43.9 Å². The number of benzene rings is 1. The molecule has 0 aliphatic carbocycles. The third kappa shape index (κ3) is 2.71. The third-order valence-electron chi connectivity index (χ3n) is 3.08. The SMILES string of the molecule is COc1ccc(C2C(C#N)=C(N)SC(N)=C2C#N)cc1Br.